The van der Waals surface area contributed by atoms with Crippen LogP contribution in [0.3, 0.4) is 0 Å². The maximum Gasteiger partial charge on any atom is 0.490 e. The summed E-state index contributed by atoms with van der Waals surface area (Å²) in [6.07, 6.45) is -8.95. The van der Waals surface area contributed by atoms with E-state index in [-0.39, 0.29) is 41.7 Å². The Hall–Kier alpha value is -4.69. The number of carboxylic acids is 2. The first-order valence-electron chi connectivity index (χ1n) is 13.7. The van der Waals surface area contributed by atoms with Crippen LogP contribution in [0.1, 0.15) is 41.5 Å². The van der Waals surface area contributed by atoms with Crippen LogP contribution in [0.4, 0.5) is 36.4 Å². The number of halogens is 8. The predicted molar refractivity (Wildman–Crippen MR) is 161 cm³/mol. The number of carbonyl (C=O) groups excluding carboxylic acids is 2. The Balaban J connectivity index is 0.000000717. The summed E-state index contributed by atoms with van der Waals surface area (Å²) in [6.45, 7) is 0.871. The summed E-state index contributed by atoms with van der Waals surface area (Å²) in [7, 11) is 1.84. The highest BCUT2D eigenvalue weighted by Crippen LogP contribution is 2.48. The van der Waals surface area contributed by atoms with E-state index in [1.165, 1.54) is 12.1 Å². The fourth-order valence-corrected chi connectivity index (χ4v) is 4.63. The average molecular weight is 733 g/mol. The minimum atomic E-state index is -5.08. The molecule has 0 radical (unpaired) electrons. The molecule has 13 nitrogen and oxygen atoms in total. The van der Waals surface area contributed by atoms with Gasteiger partial charge in [-0.15, -0.1) is 0 Å². The molecular formula is C28H32ClF7N6O7. The van der Waals surface area contributed by atoms with E-state index in [0.717, 1.165) is 22.8 Å². The molecule has 3 atom stereocenters. The zero-order valence-corrected chi connectivity index (χ0v) is 26.1. The van der Waals surface area contributed by atoms with Gasteiger partial charge in [0.15, 0.2) is 5.96 Å². The van der Waals surface area contributed by atoms with Crippen LogP contribution >= 0.6 is 11.6 Å². The molecule has 2 aromatic carbocycles. The highest BCUT2D eigenvalue weighted by molar-refractivity contribution is 6.39. The summed E-state index contributed by atoms with van der Waals surface area (Å²) >= 11 is 5.68. The lowest BCUT2D eigenvalue weighted by atomic mass is 9.87. The zero-order valence-electron chi connectivity index (χ0n) is 25.3. The van der Waals surface area contributed by atoms with Crippen molar-refractivity contribution in [3.8, 4) is 0 Å². The van der Waals surface area contributed by atoms with E-state index in [4.69, 9.17) is 42.9 Å². The lowest BCUT2D eigenvalue weighted by molar-refractivity contribution is -0.193. The van der Waals surface area contributed by atoms with Crippen molar-refractivity contribution in [1.82, 2.24) is 10.6 Å². The minimum Gasteiger partial charge on any atom is -0.475 e. The Labute approximate surface area is 278 Å². The van der Waals surface area contributed by atoms with Crippen LogP contribution in [0.25, 0.3) is 0 Å². The van der Waals surface area contributed by atoms with Gasteiger partial charge in [0, 0.05) is 31.3 Å². The standard InChI is InChI=1S/C24H30ClFN6O3.2C2HF3O2/c1-29-11-13-4-6-16-15(3-2-8-33)18(12-30-24(27)28)21(17(16)9-13)32-23(35)22(34)31-14-5-7-19(25)20(26)10-14;2*3-2(4,5)1(6)7/h4-7,9-10,15,18,21,29,33H,2-3,8,11-12H2,1H3,(H,31,34)(H,32,35)(H4,27,28,30);2*(H,6,7)/t15-,18+,21+;;/m1../s1. The first kappa shape index (κ1) is 42.3. The van der Waals surface area contributed by atoms with Crippen molar-refractivity contribution in [2.24, 2.45) is 22.4 Å². The minimum absolute atomic E-state index is 0.0236. The van der Waals surface area contributed by atoms with Gasteiger partial charge in [-0.25, -0.2) is 14.0 Å². The normalized spacial score (nSPS) is 16.5. The van der Waals surface area contributed by atoms with Gasteiger partial charge in [-0.2, -0.15) is 26.3 Å². The molecule has 0 fully saturated rings. The maximum absolute atomic E-state index is 13.7. The Kier molecular flexibility index (Phi) is 16.2. The van der Waals surface area contributed by atoms with Gasteiger partial charge < -0.3 is 42.7 Å². The van der Waals surface area contributed by atoms with E-state index >= 15 is 0 Å². The highest BCUT2D eigenvalue weighted by atomic mass is 35.5. The smallest absolute Gasteiger partial charge is 0.475 e. The molecule has 1 aliphatic rings. The maximum atomic E-state index is 13.7. The number of aliphatic carboxylic acids is 2. The van der Waals surface area contributed by atoms with Crippen molar-refractivity contribution in [2.75, 3.05) is 25.5 Å². The number of anilines is 1. The van der Waals surface area contributed by atoms with Gasteiger partial charge >= 0.3 is 36.1 Å². The van der Waals surface area contributed by atoms with Crippen LogP contribution in [0.2, 0.25) is 5.02 Å². The van der Waals surface area contributed by atoms with Crippen LogP contribution in [0, 0.1) is 11.7 Å². The van der Waals surface area contributed by atoms with Gasteiger partial charge in [0.1, 0.15) is 5.82 Å². The number of nitrogens with two attached hydrogens (primary N) is 2. The van der Waals surface area contributed by atoms with Gasteiger partial charge in [-0.1, -0.05) is 29.8 Å². The van der Waals surface area contributed by atoms with Crippen molar-refractivity contribution >= 4 is 47.0 Å². The van der Waals surface area contributed by atoms with Crippen LogP contribution < -0.4 is 27.4 Å². The number of aliphatic hydroxyl groups excluding tert-OH is 1. The van der Waals surface area contributed by atoms with E-state index in [0.29, 0.717) is 19.4 Å². The number of aliphatic imine (C=N–C) groups is 1. The molecule has 272 valence electrons. The Morgan fingerprint density at radius 3 is 1.96 bits per heavy atom. The molecule has 0 saturated carbocycles. The van der Waals surface area contributed by atoms with Gasteiger partial charge in [0.05, 0.1) is 11.1 Å². The molecule has 1 aliphatic carbocycles. The van der Waals surface area contributed by atoms with E-state index < -0.39 is 48.0 Å². The van der Waals surface area contributed by atoms with Gasteiger partial charge in [-0.3, -0.25) is 14.6 Å². The number of amides is 2. The molecule has 3 rings (SSSR count). The summed E-state index contributed by atoms with van der Waals surface area (Å²) < 4.78 is 77.2. The molecule has 0 saturated heterocycles. The fourth-order valence-electron chi connectivity index (χ4n) is 4.52. The van der Waals surface area contributed by atoms with Crippen molar-refractivity contribution in [3.63, 3.8) is 0 Å². The Morgan fingerprint density at radius 2 is 1.49 bits per heavy atom. The molecule has 2 aromatic rings. The fraction of sp³-hybridized carbons (Fsp3) is 0.393. The van der Waals surface area contributed by atoms with E-state index in [1.54, 1.807) is 0 Å². The third-order valence-electron chi connectivity index (χ3n) is 6.52. The second-order valence-electron chi connectivity index (χ2n) is 10.0. The van der Waals surface area contributed by atoms with Crippen molar-refractivity contribution in [3.05, 3.63) is 63.9 Å². The summed E-state index contributed by atoms with van der Waals surface area (Å²) in [5.41, 5.74) is 14.2. The molecule has 0 aromatic heterocycles. The number of carbonyl (C=O) groups is 4. The largest absolute Gasteiger partial charge is 0.490 e. The summed E-state index contributed by atoms with van der Waals surface area (Å²) in [5, 5.41) is 31.9. The Bertz CT molecular complexity index is 1480. The molecule has 0 bridgehead atoms. The molecule has 49 heavy (non-hydrogen) atoms. The monoisotopic (exact) mass is 732 g/mol. The quantitative estimate of drug-likeness (QED) is 0.0813. The van der Waals surface area contributed by atoms with Crippen molar-refractivity contribution in [2.45, 2.75) is 43.7 Å². The Morgan fingerprint density at radius 1 is 0.918 bits per heavy atom. The number of fused-ring (bicyclic) bond motifs is 1. The number of rotatable bonds is 9. The molecule has 2 amide bonds. The second-order valence-corrected chi connectivity index (χ2v) is 10.4. The SMILES string of the molecule is CNCc1ccc2c(c1)[C@H](NC(=O)C(=O)Nc1ccc(Cl)c(F)c1)[C@@H](CN=C(N)N)[C@@H]2CCCO.O=C(O)C(F)(F)F.O=C(O)C(F)(F)F. The molecule has 0 spiro atoms. The first-order valence-corrected chi connectivity index (χ1v) is 14.1. The van der Waals surface area contributed by atoms with Crippen LogP contribution in [0.5, 0.6) is 0 Å². The molecule has 21 heteroatoms. The highest BCUT2D eigenvalue weighted by Gasteiger charge is 2.42. The molecular weight excluding hydrogens is 701 g/mol. The number of benzene rings is 2. The number of aliphatic hydroxyl groups is 1. The lowest BCUT2D eigenvalue weighted by Crippen LogP contribution is -2.40. The number of alkyl halides is 6. The topological polar surface area (TPSA) is 229 Å². The number of hydrogen-bond donors (Lipinski definition) is 8. The number of carboxylic acid groups (broad SMARTS) is 2. The summed E-state index contributed by atoms with van der Waals surface area (Å²) in [4.78, 5) is 47.5. The third-order valence-corrected chi connectivity index (χ3v) is 6.83. The van der Waals surface area contributed by atoms with Crippen molar-refractivity contribution in [1.29, 1.82) is 0 Å². The number of nitrogens with one attached hydrogen (secondary N) is 3. The van der Waals surface area contributed by atoms with E-state index in [2.05, 4.69) is 20.9 Å². The van der Waals surface area contributed by atoms with Gasteiger partial charge in [0.2, 0.25) is 0 Å². The molecule has 0 unspecified atom stereocenters. The van der Waals surface area contributed by atoms with Crippen LogP contribution in [0.15, 0.2) is 41.4 Å². The van der Waals surface area contributed by atoms with Gasteiger partial charge in [0.25, 0.3) is 0 Å². The van der Waals surface area contributed by atoms with E-state index in [9.17, 15) is 45.4 Å². The molecule has 0 heterocycles. The molecule has 0 aliphatic heterocycles. The van der Waals surface area contributed by atoms with Crippen LogP contribution in [-0.4, -0.2) is 77.6 Å². The van der Waals surface area contributed by atoms with Crippen LogP contribution in [-0.2, 0) is 25.7 Å². The second kappa shape index (κ2) is 18.7. The summed E-state index contributed by atoms with van der Waals surface area (Å²) in [5.74, 6) is -8.41. The lowest BCUT2D eigenvalue weighted by Gasteiger charge is -2.25. The third kappa shape index (κ3) is 13.8. The number of hydrogen-bond acceptors (Lipinski definition) is 7. The first-order chi connectivity index (χ1) is 22.6. The number of nitrogens with zero attached hydrogens (tertiary/aromatic N) is 1. The zero-order chi connectivity index (χ0) is 37.7. The summed E-state index contributed by atoms with van der Waals surface area (Å²) in [6, 6.07) is 9.18. The average Bonchev–Trinajstić information content (AvgIpc) is 3.27. The van der Waals surface area contributed by atoms with E-state index in [1.807, 2.05) is 25.2 Å². The predicted octanol–water partition coefficient (Wildman–Crippen LogP) is 3.02. The van der Waals surface area contributed by atoms with Crippen molar-refractivity contribution < 1.29 is 65.2 Å². The number of guanidine groups is 1. The molecule has 10 N–H and O–H groups in total. The van der Waals surface area contributed by atoms with Gasteiger partial charge in [-0.05, 0) is 60.7 Å².